The van der Waals surface area contributed by atoms with Gasteiger partial charge in [-0.3, -0.25) is 4.68 Å². The maximum atomic E-state index is 5.75. The minimum Gasteiger partial charge on any atom is -0.396 e. The number of nitrogen functional groups attached to an aromatic ring is 1. The second-order valence-corrected chi connectivity index (χ2v) is 4.25. The van der Waals surface area contributed by atoms with Crippen LogP contribution in [-0.4, -0.2) is 23.0 Å². The Bertz CT molecular complexity index is 316. The van der Waals surface area contributed by atoms with Crippen LogP contribution in [0.2, 0.25) is 0 Å². The van der Waals surface area contributed by atoms with E-state index in [0.29, 0.717) is 0 Å². The first-order valence-electron chi connectivity index (χ1n) is 5.63. The van der Waals surface area contributed by atoms with Gasteiger partial charge in [0.1, 0.15) is 0 Å². The van der Waals surface area contributed by atoms with Gasteiger partial charge in [-0.1, -0.05) is 0 Å². The predicted octanol–water partition coefficient (Wildman–Crippen LogP) is 1.59. The van der Waals surface area contributed by atoms with Crippen molar-refractivity contribution in [1.82, 2.24) is 9.78 Å². The van der Waals surface area contributed by atoms with Crippen LogP contribution in [0.5, 0.6) is 0 Å². The molecule has 2 heterocycles. The molecule has 2 rings (SSSR count). The van der Waals surface area contributed by atoms with Crippen molar-refractivity contribution in [1.29, 1.82) is 0 Å². The Kier molecular flexibility index (Phi) is 3.26. The molecule has 4 heteroatoms. The Morgan fingerprint density at radius 1 is 1.53 bits per heavy atom. The third-order valence-electron chi connectivity index (χ3n) is 3.23. The molecule has 0 spiro atoms. The van der Waals surface area contributed by atoms with Crippen molar-refractivity contribution in [2.75, 3.05) is 18.9 Å². The van der Waals surface area contributed by atoms with Crippen molar-refractivity contribution in [3.8, 4) is 0 Å². The zero-order chi connectivity index (χ0) is 10.7. The molecule has 0 radical (unpaired) electrons. The van der Waals surface area contributed by atoms with Crippen LogP contribution in [0.3, 0.4) is 0 Å². The summed E-state index contributed by atoms with van der Waals surface area (Å²) in [5, 5.41) is 4.26. The molecule has 15 heavy (non-hydrogen) atoms. The van der Waals surface area contributed by atoms with Crippen LogP contribution in [-0.2, 0) is 11.3 Å². The summed E-state index contributed by atoms with van der Waals surface area (Å²) in [4.78, 5) is 0. The molecule has 0 amide bonds. The maximum Gasteiger partial charge on any atom is 0.0730 e. The number of ether oxygens (including phenoxy) is 1. The van der Waals surface area contributed by atoms with Gasteiger partial charge in [0.2, 0.25) is 0 Å². The second-order valence-electron chi connectivity index (χ2n) is 4.25. The molecule has 0 aliphatic carbocycles. The number of hydrogen-bond donors (Lipinski definition) is 1. The van der Waals surface area contributed by atoms with E-state index >= 15 is 0 Å². The van der Waals surface area contributed by atoms with Gasteiger partial charge in [-0.25, -0.2) is 0 Å². The molecule has 1 aromatic heterocycles. The molecule has 1 aliphatic heterocycles. The van der Waals surface area contributed by atoms with E-state index < -0.39 is 0 Å². The van der Waals surface area contributed by atoms with Crippen LogP contribution in [0.15, 0.2) is 6.20 Å². The summed E-state index contributed by atoms with van der Waals surface area (Å²) in [5.41, 5.74) is 7.62. The zero-order valence-electron chi connectivity index (χ0n) is 9.28. The summed E-state index contributed by atoms with van der Waals surface area (Å²) in [5.74, 6) is 0.795. The first kappa shape index (κ1) is 10.5. The number of nitrogens with two attached hydrogens (primary N) is 1. The van der Waals surface area contributed by atoms with Gasteiger partial charge < -0.3 is 10.5 Å². The number of anilines is 1. The maximum absolute atomic E-state index is 5.75. The lowest BCUT2D eigenvalue weighted by atomic mass is 9.97. The van der Waals surface area contributed by atoms with Crippen LogP contribution in [0.4, 0.5) is 5.69 Å². The molecule has 0 saturated carbocycles. The van der Waals surface area contributed by atoms with Crippen LogP contribution >= 0.6 is 0 Å². The summed E-state index contributed by atoms with van der Waals surface area (Å²) in [6.45, 7) is 4.84. The fourth-order valence-electron chi connectivity index (χ4n) is 2.03. The van der Waals surface area contributed by atoms with E-state index in [1.807, 2.05) is 11.6 Å². The normalized spacial score (nSPS) is 18.2. The molecule has 1 saturated heterocycles. The lowest BCUT2D eigenvalue weighted by Crippen LogP contribution is -2.18. The van der Waals surface area contributed by atoms with E-state index in [9.17, 15) is 0 Å². The van der Waals surface area contributed by atoms with Crippen LogP contribution in [0.1, 0.15) is 25.0 Å². The van der Waals surface area contributed by atoms with Gasteiger partial charge in [-0.15, -0.1) is 0 Å². The SMILES string of the molecule is Cc1c(N)cnn1CCC1CCOCC1. The highest BCUT2D eigenvalue weighted by atomic mass is 16.5. The molecule has 1 aliphatic rings. The number of hydrogen-bond acceptors (Lipinski definition) is 3. The highest BCUT2D eigenvalue weighted by molar-refractivity contribution is 5.39. The molecule has 0 atom stereocenters. The minimum atomic E-state index is 0.793. The van der Waals surface area contributed by atoms with E-state index in [0.717, 1.165) is 37.1 Å². The molecule has 84 valence electrons. The number of aryl methyl sites for hydroxylation is 1. The highest BCUT2D eigenvalue weighted by Crippen LogP contribution is 2.20. The van der Waals surface area contributed by atoms with Crippen molar-refractivity contribution >= 4 is 5.69 Å². The van der Waals surface area contributed by atoms with Crippen molar-refractivity contribution in [3.05, 3.63) is 11.9 Å². The van der Waals surface area contributed by atoms with Crippen molar-refractivity contribution in [3.63, 3.8) is 0 Å². The molecule has 1 fully saturated rings. The van der Waals surface area contributed by atoms with E-state index in [4.69, 9.17) is 10.5 Å². The molecule has 0 unspecified atom stereocenters. The van der Waals surface area contributed by atoms with Gasteiger partial charge in [0.05, 0.1) is 17.6 Å². The molecule has 0 bridgehead atoms. The second kappa shape index (κ2) is 4.66. The number of rotatable bonds is 3. The highest BCUT2D eigenvalue weighted by Gasteiger charge is 2.14. The quantitative estimate of drug-likeness (QED) is 0.822. The summed E-state index contributed by atoms with van der Waals surface area (Å²) >= 11 is 0. The third-order valence-corrected chi connectivity index (χ3v) is 3.23. The smallest absolute Gasteiger partial charge is 0.0730 e. The van der Waals surface area contributed by atoms with Gasteiger partial charge in [-0.2, -0.15) is 5.10 Å². The summed E-state index contributed by atoms with van der Waals surface area (Å²) < 4.78 is 7.34. The molecule has 4 nitrogen and oxygen atoms in total. The van der Waals surface area contributed by atoms with Gasteiger partial charge in [0.25, 0.3) is 0 Å². The van der Waals surface area contributed by atoms with Crippen molar-refractivity contribution in [2.24, 2.45) is 5.92 Å². The average Bonchev–Trinajstić information content (AvgIpc) is 2.59. The van der Waals surface area contributed by atoms with Gasteiger partial charge >= 0.3 is 0 Å². The van der Waals surface area contributed by atoms with E-state index in [1.54, 1.807) is 6.20 Å². The Balaban J connectivity index is 1.84. The third kappa shape index (κ3) is 2.50. The number of aromatic nitrogens is 2. The lowest BCUT2D eigenvalue weighted by molar-refractivity contribution is 0.0622. The molecular weight excluding hydrogens is 190 g/mol. The summed E-state index contributed by atoms with van der Waals surface area (Å²) in [6, 6.07) is 0. The minimum absolute atomic E-state index is 0.793. The first-order valence-corrected chi connectivity index (χ1v) is 5.63. The van der Waals surface area contributed by atoms with Crippen molar-refractivity contribution < 1.29 is 4.74 Å². The molecule has 0 aromatic carbocycles. The monoisotopic (exact) mass is 209 g/mol. The van der Waals surface area contributed by atoms with Gasteiger partial charge in [-0.05, 0) is 32.1 Å². The fourth-order valence-corrected chi connectivity index (χ4v) is 2.03. The zero-order valence-corrected chi connectivity index (χ0v) is 9.28. The van der Waals surface area contributed by atoms with Crippen molar-refractivity contribution in [2.45, 2.75) is 32.7 Å². The van der Waals surface area contributed by atoms with Crippen LogP contribution in [0, 0.1) is 12.8 Å². The van der Waals surface area contributed by atoms with Crippen LogP contribution in [0.25, 0.3) is 0 Å². The predicted molar refractivity (Wildman–Crippen MR) is 59.5 cm³/mol. The van der Waals surface area contributed by atoms with Gasteiger partial charge in [0.15, 0.2) is 0 Å². The summed E-state index contributed by atoms with van der Waals surface area (Å²) in [7, 11) is 0. The molecule has 1 aromatic rings. The lowest BCUT2D eigenvalue weighted by Gasteiger charge is -2.21. The van der Waals surface area contributed by atoms with E-state index in [1.165, 1.54) is 19.3 Å². The van der Waals surface area contributed by atoms with Crippen LogP contribution < -0.4 is 5.73 Å². The number of nitrogens with zero attached hydrogens (tertiary/aromatic N) is 2. The Morgan fingerprint density at radius 3 is 2.87 bits per heavy atom. The van der Waals surface area contributed by atoms with E-state index in [2.05, 4.69) is 5.10 Å². The largest absolute Gasteiger partial charge is 0.396 e. The first-order chi connectivity index (χ1) is 7.27. The Labute approximate surface area is 90.4 Å². The molecule has 2 N–H and O–H groups in total. The fraction of sp³-hybridized carbons (Fsp3) is 0.727. The van der Waals surface area contributed by atoms with Gasteiger partial charge in [0, 0.05) is 19.8 Å². The molecular formula is C11H19N3O. The summed E-state index contributed by atoms with van der Waals surface area (Å²) in [6.07, 6.45) is 5.30. The average molecular weight is 209 g/mol. The Morgan fingerprint density at radius 2 is 2.27 bits per heavy atom. The van der Waals surface area contributed by atoms with E-state index in [-0.39, 0.29) is 0 Å². The Hall–Kier alpha value is -1.03. The standard InChI is InChI=1S/C11H19N3O/c1-9-11(12)8-13-14(9)5-2-10-3-6-15-7-4-10/h8,10H,2-7,12H2,1H3. The topological polar surface area (TPSA) is 53.1 Å².